The van der Waals surface area contributed by atoms with Crippen molar-refractivity contribution in [3.8, 4) is 0 Å². The van der Waals surface area contributed by atoms with E-state index in [1.165, 1.54) is 28.5 Å². The van der Waals surface area contributed by atoms with Crippen LogP contribution in [-0.2, 0) is 11.2 Å². The highest BCUT2D eigenvalue weighted by atomic mass is 32.1. The number of carbonyl (C=O) groups is 1. The van der Waals surface area contributed by atoms with Crippen LogP contribution in [0.1, 0.15) is 40.1 Å². The van der Waals surface area contributed by atoms with Gasteiger partial charge < -0.3 is 5.11 Å². The highest BCUT2D eigenvalue weighted by Gasteiger charge is 2.20. The van der Waals surface area contributed by atoms with E-state index in [9.17, 15) is 4.79 Å². The van der Waals surface area contributed by atoms with E-state index in [0.29, 0.717) is 0 Å². The third kappa shape index (κ3) is 1.95. The van der Waals surface area contributed by atoms with Gasteiger partial charge in [0.15, 0.2) is 0 Å². The second kappa shape index (κ2) is 4.58. The minimum atomic E-state index is -0.856. The fraction of sp³-hybridized carbons (Fsp3) is 0.267. The molecule has 0 fully saturated rings. The first-order valence-electron chi connectivity index (χ1n) is 6.18. The van der Waals surface area contributed by atoms with E-state index < -0.39 is 5.97 Å². The highest BCUT2D eigenvalue weighted by Crippen LogP contribution is 2.41. The lowest BCUT2D eigenvalue weighted by Gasteiger charge is -2.10. The third-order valence-electron chi connectivity index (χ3n) is 3.36. The maximum atomic E-state index is 10.9. The summed E-state index contributed by atoms with van der Waals surface area (Å²) in [6.45, 7) is 0. The Morgan fingerprint density at radius 2 is 2.22 bits per heavy atom. The molecule has 0 aliphatic heterocycles. The summed E-state index contributed by atoms with van der Waals surface area (Å²) in [4.78, 5) is 13.3. The quantitative estimate of drug-likeness (QED) is 0.773. The van der Waals surface area contributed by atoms with Crippen molar-refractivity contribution < 1.29 is 9.90 Å². The Hall–Kier alpha value is -1.61. The van der Waals surface area contributed by atoms with Crippen LogP contribution in [0.5, 0.6) is 0 Å². The van der Waals surface area contributed by atoms with E-state index in [4.69, 9.17) is 5.11 Å². The van der Waals surface area contributed by atoms with Gasteiger partial charge in [0.25, 0.3) is 0 Å². The largest absolute Gasteiger partial charge is 0.478 e. The zero-order chi connectivity index (χ0) is 12.5. The monoisotopic (exact) mass is 258 g/mol. The molecule has 1 heterocycles. The molecule has 0 amide bonds. The fourth-order valence-corrected chi connectivity index (χ4v) is 3.85. The molecule has 0 atom stereocenters. The van der Waals surface area contributed by atoms with Crippen molar-refractivity contribution in [1.82, 2.24) is 0 Å². The lowest BCUT2D eigenvalue weighted by molar-refractivity contribution is -0.131. The van der Waals surface area contributed by atoms with Gasteiger partial charge >= 0.3 is 5.97 Å². The number of hydrogen-bond acceptors (Lipinski definition) is 2. The van der Waals surface area contributed by atoms with E-state index in [1.54, 1.807) is 11.3 Å². The van der Waals surface area contributed by atoms with E-state index in [1.807, 2.05) is 0 Å². The van der Waals surface area contributed by atoms with E-state index >= 15 is 0 Å². The first kappa shape index (κ1) is 11.5. The van der Waals surface area contributed by atoms with Crippen molar-refractivity contribution in [3.63, 3.8) is 0 Å². The van der Waals surface area contributed by atoms with Crippen LogP contribution in [0.2, 0.25) is 0 Å². The van der Waals surface area contributed by atoms with Crippen LogP contribution < -0.4 is 0 Å². The molecular formula is C15H14O2S. The second-order valence-corrected chi connectivity index (χ2v) is 5.65. The minimum absolute atomic E-state index is 0.725. The molecule has 0 spiro atoms. The first-order chi connectivity index (χ1) is 8.75. The van der Waals surface area contributed by atoms with Gasteiger partial charge in [-0.15, -0.1) is 11.3 Å². The molecule has 2 aliphatic carbocycles. The molecule has 1 aromatic heterocycles. The summed E-state index contributed by atoms with van der Waals surface area (Å²) in [5.41, 5.74) is 3.59. The van der Waals surface area contributed by atoms with Crippen molar-refractivity contribution in [2.75, 3.05) is 0 Å². The van der Waals surface area contributed by atoms with Gasteiger partial charge in [0.2, 0.25) is 0 Å². The van der Waals surface area contributed by atoms with Crippen LogP contribution in [0.25, 0.3) is 17.7 Å². The van der Waals surface area contributed by atoms with Crippen LogP contribution >= 0.6 is 11.3 Å². The number of thiophene rings is 1. The molecule has 0 radical (unpaired) electrons. The minimum Gasteiger partial charge on any atom is -0.478 e. The van der Waals surface area contributed by atoms with Gasteiger partial charge in [0.05, 0.1) is 0 Å². The molecule has 3 rings (SSSR count). The number of allylic oxidation sites excluding steroid dienone is 3. The van der Waals surface area contributed by atoms with Crippen LogP contribution in [0, 0.1) is 0 Å². The molecule has 3 heteroatoms. The van der Waals surface area contributed by atoms with Gasteiger partial charge in [-0.3, -0.25) is 0 Å². The Morgan fingerprint density at radius 3 is 3.06 bits per heavy atom. The van der Waals surface area contributed by atoms with Crippen molar-refractivity contribution in [3.05, 3.63) is 39.1 Å². The number of fused-ring (bicyclic) bond motifs is 3. The summed E-state index contributed by atoms with van der Waals surface area (Å²) in [5, 5.41) is 8.93. The summed E-state index contributed by atoms with van der Waals surface area (Å²) >= 11 is 1.73. The van der Waals surface area contributed by atoms with Gasteiger partial charge in [0, 0.05) is 15.8 Å². The Bertz CT molecular complexity index is 588. The second-order valence-electron chi connectivity index (χ2n) is 4.60. The number of hydrogen-bond donors (Lipinski definition) is 1. The van der Waals surface area contributed by atoms with Gasteiger partial charge in [-0.05, 0) is 48.5 Å². The maximum Gasteiger partial charge on any atom is 0.328 e. The molecule has 1 N–H and O–H groups in total. The summed E-state index contributed by atoms with van der Waals surface area (Å²) in [7, 11) is 0. The average molecular weight is 258 g/mol. The molecule has 2 aliphatic rings. The SMILES string of the molecule is O=C(O)C=C1CC=Cc2c1sc1c2CCCC=C1. The summed E-state index contributed by atoms with van der Waals surface area (Å²) in [6, 6.07) is 0. The standard InChI is InChI=1S/C15H14O2S/c16-14(17)9-10-5-4-7-12-11-6-2-1-3-8-13(11)18-15(10)12/h3-4,7-9H,1-2,5-6H2,(H,16,17). The van der Waals surface area contributed by atoms with Gasteiger partial charge in [0.1, 0.15) is 0 Å². The predicted molar refractivity (Wildman–Crippen MR) is 75.6 cm³/mol. The van der Waals surface area contributed by atoms with Crippen LogP contribution in [0.3, 0.4) is 0 Å². The molecule has 0 aromatic carbocycles. The summed E-state index contributed by atoms with van der Waals surface area (Å²) in [6.07, 6.45) is 14.1. The molecule has 0 unspecified atom stereocenters. The Labute approximate surface area is 110 Å². The topological polar surface area (TPSA) is 37.3 Å². The van der Waals surface area contributed by atoms with Crippen molar-refractivity contribution in [1.29, 1.82) is 0 Å². The van der Waals surface area contributed by atoms with Crippen LogP contribution in [0.4, 0.5) is 0 Å². The molecule has 1 aromatic rings. The number of rotatable bonds is 1. The average Bonchev–Trinajstić information content (AvgIpc) is 2.54. The molecular weight excluding hydrogens is 244 g/mol. The molecule has 18 heavy (non-hydrogen) atoms. The van der Waals surface area contributed by atoms with E-state index in [2.05, 4.69) is 24.3 Å². The van der Waals surface area contributed by atoms with Gasteiger partial charge in [-0.2, -0.15) is 0 Å². The zero-order valence-electron chi connectivity index (χ0n) is 9.98. The maximum absolute atomic E-state index is 10.9. The van der Waals surface area contributed by atoms with E-state index in [-0.39, 0.29) is 0 Å². The zero-order valence-corrected chi connectivity index (χ0v) is 10.8. The number of carboxylic acid groups (broad SMARTS) is 1. The highest BCUT2D eigenvalue weighted by molar-refractivity contribution is 7.14. The predicted octanol–water partition coefficient (Wildman–Crippen LogP) is 3.98. The van der Waals surface area contributed by atoms with Gasteiger partial charge in [-0.1, -0.05) is 18.2 Å². The molecule has 0 saturated heterocycles. The van der Waals surface area contributed by atoms with Crippen molar-refractivity contribution in [2.45, 2.75) is 25.7 Å². The van der Waals surface area contributed by atoms with Gasteiger partial charge in [-0.25, -0.2) is 4.79 Å². The van der Waals surface area contributed by atoms with Crippen LogP contribution in [-0.4, -0.2) is 11.1 Å². The lowest BCUT2D eigenvalue weighted by Crippen LogP contribution is -1.96. The normalized spacial score (nSPS) is 19.4. The molecule has 2 nitrogen and oxygen atoms in total. The number of carboxylic acids is 1. The smallest absolute Gasteiger partial charge is 0.328 e. The lowest BCUT2D eigenvalue weighted by atomic mass is 9.95. The summed E-state index contributed by atoms with van der Waals surface area (Å²) in [5.74, 6) is -0.856. The van der Waals surface area contributed by atoms with Crippen LogP contribution in [0.15, 0.2) is 18.2 Å². The molecule has 0 saturated carbocycles. The Morgan fingerprint density at radius 1 is 1.33 bits per heavy atom. The first-order valence-corrected chi connectivity index (χ1v) is 7.00. The van der Waals surface area contributed by atoms with Crippen molar-refractivity contribution in [2.24, 2.45) is 0 Å². The van der Waals surface area contributed by atoms with E-state index in [0.717, 1.165) is 29.7 Å². The number of aliphatic carboxylic acids is 1. The fourth-order valence-electron chi connectivity index (χ4n) is 2.56. The Balaban J connectivity index is 2.15. The summed E-state index contributed by atoms with van der Waals surface area (Å²) < 4.78 is 0. The molecule has 92 valence electrons. The molecule has 0 bridgehead atoms. The third-order valence-corrected chi connectivity index (χ3v) is 4.65. The van der Waals surface area contributed by atoms with Crippen molar-refractivity contribution >= 4 is 35.0 Å². The Kier molecular flexibility index (Phi) is 2.92.